The van der Waals surface area contributed by atoms with Crippen LogP contribution in [0.25, 0.3) is 10.9 Å². The highest BCUT2D eigenvalue weighted by molar-refractivity contribution is 5.85. The topological polar surface area (TPSA) is 60.5 Å². The fourth-order valence-electron chi connectivity index (χ4n) is 3.21. The molecule has 1 fully saturated rings. The summed E-state index contributed by atoms with van der Waals surface area (Å²) in [6.45, 7) is 4.46. The van der Waals surface area contributed by atoms with Crippen molar-refractivity contribution >= 4 is 16.9 Å². The van der Waals surface area contributed by atoms with E-state index in [1.165, 1.54) is 19.2 Å². The average Bonchev–Trinajstić information content (AvgIpc) is 3.04. The fraction of sp³-hybridized carbons (Fsp3) is 0.444. The van der Waals surface area contributed by atoms with Crippen molar-refractivity contribution in [3.05, 3.63) is 35.3 Å². The summed E-state index contributed by atoms with van der Waals surface area (Å²) in [6, 6.07) is 4.25. The Morgan fingerprint density at radius 1 is 1.46 bits per heavy atom. The minimum absolute atomic E-state index is 0.147. The molecule has 3 rings (SSSR count). The summed E-state index contributed by atoms with van der Waals surface area (Å²) in [5, 5.41) is 3.87. The summed E-state index contributed by atoms with van der Waals surface area (Å²) in [6.07, 6.45) is 1.10. The van der Waals surface area contributed by atoms with Crippen LogP contribution in [-0.4, -0.2) is 36.8 Å². The largest absolute Gasteiger partial charge is 0.487 e. The number of ether oxygens (including phenoxy) is 2. The number of esters is 1. The first-order valence-electron chi connectivity index (χ1n) is 8.10. The summed E-state index contributed by atoms with van der Waals surface area (Å²) < 4.78 is 24.5. The van der Waals surface area contributed by atoms with Crippen LogP contribution in [0.2, 0.25) is 0 Å². The highest BCUT2D eigenvalue weighted by Crippen LogP contribution is 2.32. The van der Waals surface area contributed by atoms with E-state index < -0.39 is 0 Å². The summed E-state index contributed by atoms with van der Waals surface area (Å²) >= 11 is 0. The van der Waals surface area contributed by atoms with Crippen LogP contribution in [0.1, 0.15) is 24.6 Å². The Bertz CT molecular complexity index is 778. The van der Waals surface area contributed by atoms with Gasteiger partial charge in [-0.3, -0.25) is 4.79 Å². The van der Waals surface area contributed by atoms with Crippen molar-refractivity contribution in [1.82, 2.24) is 10.3 Å². The van der Waals surface area contributed by atoms with Crippen LogP contribution >= 0.6 is 0 Å². The second-order valence-electron chi connectivity index (χ2n) is 5.98. The number of pyridine rings is 1. The molecule has 0 saturated carbocycles. The minimum Gasteiger partial charge on any atom is -0.487 e. The summed E-state index contributed by atoms with van der Waals surface area (Å²) in [5.74, 6) is 0.113. The lowest BCUT2D eigenvalue weighted by atomic mass is 10.0. The van der Waals surface area contributed by atoms with E-state index >= 15 is 0 Å². The van der Waals surface area contributed by atoms with Gasteiger partial charge < -0.3 is 14.8 Å². The smallest absolute Gasteiger partial charge is 0.323 e. The van der Waals surface area contributed by atoms with E-state index in [9.17, 15) is 9.18 Å². The van der Waals surface area contributed by atoms with Gasteiger partial charge in [0.15, 0.2) is 0 Å². The quantitative estimate of drug-likeness (QED) is 0.872. The molecule has 24 heavy (non-hydrogen) atoms. The van der Waals surface area contributed by atoms with E-state index in [1.807, 2.05) is 13.8 Å². The molecule has 0 bridgehead atoms. The number of halogens is 1. The van der Waals surface area contributed by atoms with Gasteiger partial charge in [-0.1, -0.05) is 6.92 Å². The Morgan fingerprint density at radius 3 is 2.96 bits per heavy atom. The van der Waals surface area contributed by atoms with Crippen LogP contribution in [0.3, 0.4) is 0 Å². The fourth-order valence-corrected chi connectivity index (χ4v) is 3.21. The van der Waals surface area contributed by atoms with Crippen LogP contribution in [-0.2, 0) is 16.0 Å². The maximum absolute atomic E-state index is 13.6. The first kappa shape index (κ1) is 16.6. The summed E-state index contributed by atoms with van der Waals surface area (Å²) in [7, 11) is 1.37. The second kappa shape index (κ2) is 6.73. The molecule has 2 atom stereocenters. The van der Waals surface area contributed by atoms with Crippen molar-refractivity contribution in [1.29, 1.82) is 0 Å². The maximum atomic E-state index is 13.6. The molecule has 0 radical (unpaired) electrons. The zero-order valence-electron chi connectivity index (χ0n) is 14.1. The number of aryl methyl sites for hydroxylation is 2. The number of carbonyl (C=O) groups excluding carboxylic acids is 1. The third kappa shape index (κ3) is 3.06. The van der Waals surface area contributed by atoms with Crippen molar-refractivity contribution in [3.8, 4) is 5.75 Å². The van der Waals surface area contributed by atoms with Crippen molar-refractivity contribution in [2.75, 3.05) is 13.7 Å². The van der Waals surface area contributed by atoms with E-state index in [0.29, 0.717) is 25.1 Å². The SMILES string of the molecule is CCc1c(OC2CNC(C(=O)OC)C2)c(C)nc2ccc(F)cc12. The molecular formula is C18H21FN2O3. The minimum atomic E-state index is -0.351. The average molecular weight is 332 g/mol. The molecule has 2 unspecified atom stereocenters. The second-order valence-corrected chi connectivity index (χ2v) is 5.98. The van der Waals surface area contributed by atoms with E-state index in [-0.39, 0.29) is 23.9 Å². The standard InChI is InChI=1S/C18H21FN2O3/c1-4-13-14-7-11(19)5-6-15(14)21-10(2)17(13)24-12-8-16(20-9-12)18(22)23-3/h5-7,12,16,20H,4,8-9H2,1-3H3. The molecule has 1 aromatic carbocycles. The third-order valence-corrected chi connectivity index (χ3v) is 4.39. The molecule has 128 valence electrons. The third-order valence-electron chi connectivity index (χ3n) is 4.39. The zero-order chi connectivity index (χ0) is 17.3. The van der Waals surface area contributed by atoms with Gasteiger partial charge in [0.2, 0.25) is 0 Å². The van der Waals surface area contributed by atoms with Gasteiger partial charge in [-0.2, -0.15) is 0 Å². The number of rotatable bonds is 4. The normalized spacial score (nSPS) is 20.3. The number of nitrogens with zero attached hydrogens (tertiary/aromatic N) is 1. The van der Waals surface area contributed by atoms with Crippen LogP contribution < -0.4 is 10.1 Å². The van der Waals surface area contributed by atoms with Crippen LogP contribution in [0.15, 0.2) is 18.2 Å². The molecule has 1 aliphatic rings. The Morgan fingerprint density at radius 2 is 2.25 bits per heavy atom. The molecule has 5 nitrogen and oxygen atoms in total. The lowest BCUT2D eigenvalue weighted by Crippen LogP contribution is -2.31. The van der Waals surface area contributed by atoms with E-state index in [4.69, 9.17) is 9.47 Å². The van der Waals surface area contributed by atoms with Gasteiger partial charge in [0.1, 0.15) is 23.7 Å². The number of carbonyl (C=O) groups is 1. The van der Waals surface area contributed by atoms with Gasteiger partial charge in [0.25, 0.3) is 0 Å². The molecule has 2 aromatic rings. The van der Waals surface area contributed by atoms with Crippen LogP contribution in [0.5, 0.6) is 5.75 Å². The van der Waals surface area contributed by atoms with Gasteiger partial charge in [-0.25, -0.2) is 9.37 Å². The Balaban J connectivity index is 1.92. The molecule has 2 heterocycles. The van der Waals surface area contributed by atoms with Crippen molar-refractivity contribution in [3.63, 3.8) is 0 Å². The molecular weight excluding hydrogens is 311 g/mol. The first-order chi connectivity index (χ1) is 11.5. The number of hydrogen-bond donors (Lipinski definition) is 1. The molecule has 0 amide bonds. The predicted molar refractivity (Wildman–Crippen MR) is 88.7 cm³/mol. The number of benzene rings is 1. The number of methoxy groups -OCH3 is 1. The Hall–Kier alpha value is -2.21. The first-order valence-corrected chi connectivity index (χ1v) is 8.10. The lowest BCUT2D eigenvalue weighted by molar-refractivity contribution is -0.142. The van der Waals surface area contributed by atoms with Crippen LogP contribution in [0.4, 0.5) is 4.39 Å². The molecule has 0 aliphatic carbocycles. The highest BCUT2D eigenvalue weighted by Gasteiger charge is 2.32. The number of aromatic nitrogens is 1. The van der Waals surface area contributed by atoms with Gasteiger partial charge in [0, 0.05) is 23.9 Å². The van der Waals surface area contributed by atoms with Gasteiger partial charge in [-0.05, 0) is 31.5 Å². The van der Waals surface area contributed by atoms with Crippen molar-refractivity contribution in [2.24, 2.45) is 0 Å². The predicted octanol–water partition coefficient (Wildman–Crippen LogP) is 2.53. The van der Waals surface area contributed by atoms with Gasteiger partial charge in [0.05, 0.1) is 18.3 Å². The van der Waals surface area contributed by atoms with E-state index in [2.05, 4.69) is 10.3 Å². The van der Waals surface area contributed by atoms with Gasteiger partial charge in [-0.15, -0.1) is 0 Å². The van der Waals surface area contributed by atoms with Crippen molar-refractivity contribution < 1.29 is 18.7 Å². The lowest BCUT2D eigenvalue weighted by Gasteiger charge is -2.19. The molecule has 1 aliphatic heterocycles. The zero-order valence-corrected chi connectivity index (χ0v) is 14.1. The number of nitrogens with one attached hydrogen (secondary N) is 1. The number of hydrogen-bond acceptors (Lipinski definition) is 5. The summed E-state index contributed by atoms with van der Waals surface area (Å²) in [5.41, 5.74) is 2.47. The van der Waals surface area contributed by atoms with E-state index in [0.717, 1.165) is 22.2 Å². The highest BCUT2D eigenvalue weighted by atomic mass is 19.1. The van der Waals surface area contributed by atoms with E-state index in [1.54, 1.807) is 6.07 Å². The number of fused-ring (bicyclic) bond motifs is 1. The Kier molecular flexibility index (Phi) is 4.66. The molecule has 1 saturated heterocycles. The van der Waals surface area contributed by atoms with Crippen molar-refractivity contribution in [2.45, 2.75) is 38.8 Å². The Labute approximate surface area is 140 Å². The molecule has 1 N–H and O–H groups in total. The summed E-state index contributed by atoms with van der Waals surface area (Å²) in [4.78, 5) is 16.2. The maximum Gasteiger partial charge on any atom is 0.323 e. The molecule has 6 heteroatoms. The molecule has 1 aromatic heterocycles. The van der Waals surface area contributed by atoms with Gasteiger partial charge >= 0.3 is 5.97 Å². The van der Waals surface area contributed by atoms with Crippen LogP contribution in [0, 0.1) is 12.7 Å². The monoisotopic (exact) mass is 332 g/mol. The molecule has 0 spiro atoms.